The maximum absolute atomic E-state index is 5.54. The molecule has 0 bridgehead atoms. The average molecular weight is 1010 g/mol. The predicted molar refractivity (Wildman–Crippen MR) is 324 cm³/mol. The minimum absolute atomic E-state index is 0.896. The summed E-state index contributed by atoms with van der Waals surface area (Å²) in [4.78, 5) is 21.2. The molecule has 4 heterocycles. The molecular formula is C72H47N5S. The maximum atomic E-state index is 5.54. The Hall–Kier alpha value is -10.1. The molecule has 0 atom stereocenters. The first kappa shape index (κ1) is 46.4. The van der Waals surface area contributed by atoms with Crippen LogP contribution >= 0.6 is 11.3 Å². The second-order valence-electron chi connectivity index (χ2n) is 19.3. The van der Waals surface area contributed by atoms with Gasteiger partial charge >= 0.3 is 0 Å². The van der Waals surface area contributed by atoms with E-state index in [1.807, 2.05) is 24.3 Å². The summed E-state index contributed by atoms with van der Waals surface area (Å²) in [6.45, 7) is 0. The lowest BCUT2D eigenvalue weighted by Crippen LogP contribution is -1.97. The molecule has 0 N–H and O–H groups in total. The fourth-order valence-corrected chi connectivity index (χ4v) is 11.8. The zero-order chi connectivity index (χ0) is 51.8. The van der Waals surface area contributed by atoms with Gasteiger partial charge in [-0.15, -0.1) is 11.3 Å². The number of para-hydroxylation sites is 3. The topological polar surface area (TPSA) is 56.5 Å². The Bertz CT molecular complexity index is 4220. The van der Waals surface area contributed by atoms with Crippen LogP contribution in [0.15, 0.2) is 285 Å². The molecule has 0 aliphatic rings. The van der Waals surface area contributed by atoms with E-state index in [-0.39, 0.29) is 0 Å². The Morgan fingerprint density at radius 3 is 1.19 bits per heavy atom. The van der Waals surface area contributed by atoms with E-state index in [9.17, 15) is 0 Å². The van der Waals surface area contributed by atoms with Crippen LogP contribution in [-0.2, 0) is 0 Å². The molecule has 0 aliphatic carbocycles. The van der Waals surface area contributed by atoms with E-state index < -0.39 is 0 Å². The molecule has 0 saturated heterocycles. The molecule has 6 heteroatoms. The lowest BCUT2D eigenvalue weighted by atomic mass is 9.94. The van der Waals surface area contributed by atoms with Crippen molar-refractivity contribution in [2.45, 2.75) is 0 Å². The summed E-state index contributed by atoms with van der Waals surface area (Å²) in [5, 5.41) is 0.948. The summed E-state index contributed by atoms with van der Waals surface area (Å²) >= 11 is 1.73. The van der Waals surface area contributed by atoms with Crippen LogP contribution in [0.1, 0.15) is 0 Å². The lowest BCUT2D eigenvalue weighted by molar-refractivity contribution is 1.10. The SMILES string of the molecule is c1ccc(-c2ccc(-c3ccc(-c4ccc(-c5ccc(-c6ccc(-c7ccccc7)nc6-c6ccccc6)cc5)c5sc(-c6ccc(-c7nc8ccccc8n7-c7ccccc7)cc6)nc45)cc3)c(-c3ccccc3)n2)cc1. The van der Waals surface area contributed by atoms with Gasteiger partial charge in [-0.25, -0.2) is 19.9 Å². The zero-order valence-corrected chi connectivity index (χ0v) is 43.1. The van der Waals surface area contributed by atoms with Gasteiger partial charge in [-0.05, 0) is 58.7 Å². The number of hydrogen-bond donors (Lipinski definition) is 0. The fourth-order valence-electron chi connectivity index (χ4n) is 10.6. The van der Waals surface area contributed by atoms with E-state index in [2.05, 4.69) is 265 Å². The van der Waals surface area contributed by atoms with E-state index in [0.717, 1.165) is 138 Å². The van der Waals surface area contributed by atoms with Crippen molar-refractivity contribution < 1.29 is 0 Å². The maximum Gasteiger partial charge on any atom is 0.145 e. The second kappa shape index (κ2) is 20.2. The second-order valence-corrected chi connectivity index (χ2v) is 20.3. The lowest BCUT2D eigenvalue weighted by Gasteiger charge is -2.14. The Labute approximate surface area is 456 Å². The van der Waals surface area contributed by atoms with Crippen molar-refractivity contribution in [2.24, 2.45) is 0 Å². The highest BCUT2D eigenvalue weighted by Crippen LogP contribution is 2.44. The first-order valence-electron chi connectivity index (χ1n) is 26.2. The van der Waals surface area contributed by atoms with E-state index in [4.69, 9.17) is 19.9 Å². The van der Waals surface area contributed by atoms with Crippen LogP contribution in [0.2, 0.25) is 0 Å². The van der Waals surface area contributed by atoms with Crippen molar-refractivity contribution in [3.8, 4) is 117 Å². The molecule has 5 nitrogen and oxygen atoms in total. The van der Waals surface area contributed by atoms with Gasteiger partial charge in [0.05, 0.1) is 44.0 Å². The molecule has 10 aromatic carbocycles. The molecule has 0 spiro atoms. The van der Waals surface area contributed by atoms with Crippen molar-refractivity contribution in [2.75, 3.05) is 0 Å². The van der Waals surface area contributed by atoms with E-state index in [0.29, 0.717) is 0 Å². The summed E-state index contributed by atoms with van der Waals surface area (Å²) < 4.78 is 3.37. The number of aromatic nitrogens is 5. The quantitative estimate of drug-likeness (QED) is 0.130. The van der Waals surface area contributed by atoms with Crippen molar-refractivity contribution in [1.29, 1.82) is 0 Å². The van der Waals surface area contributed by atoms with Crippen LogP contribution < -0.4 is 0 Å². The third-order valence-corrected chi connectivity index (χ3v) is 15.7. The predicted octanol–water partition coefficient (Wildman–Crippen LogP) is 19.1. The number of rotatable bonds is 11. The Balaban J connectivity index is 0.864. The molecule has 14 rings (SSSR count). The Morgan fingerprint density at radius 1 is 0.269 bits per heavy atom. The summed E-state index contributed by atoms with van der Waals surface area (Å²) in [6, 6.07) is 100. The number of nitrogens with zero attached hydrogens (tertiary/aromatic N) is 5. The highest BCUT2D eigenvalue weighted by Gasteiger charge is 2.20. The van der Waals surface area contributed by atoms with Crippen LogP contribution in [0.4, 0.5) is 0 Å². The molecule has 14 aromatic rings. The van der Waals surface area contributed by atoms with Gasteiger partial charge in [0.2, 0.25) is 0 Å². The molecule has 0 saturated carbocycles. The minimum Gasteiger partial charge on any atom is -0.292 e. The molecule has 4 aromatic heterocycles. The summed E-state index contributed by atoms with van der Waals surface area (Å²) in [6.07, 6.45) is 0. The summed E-state index contributed by atoms with van der Waals surface area (Å²) in [5.41, 5.74) is 23.0. The van der Waals surface area contributed by atoms with E-state index in [1.54, 1.807) is 11.3 Å². The average Bonchev–Trinajstić information content (AvgIpc) is 4.30. The molecule has 366 valence electrons. The molecule has 0 fully saturated rings. The molecule has 0 radical (unpaired) electrons. The highest BCUT2D eigenvalue weighted by molar-refractivity contribution is 7.22. The first-order valence-corrected chi connectivity index (χ1v) is 27.0. The summed E-state index contributed by atoms with van der Waals surface area (Å²) in [7, 11) is 0. The van der Waals surface area contributed by atoms with Gasteiger partial charge in [-0.3, -0.25) is 4.57 Å². The van der Waals surface area contributed by atoms with Gasteiger partial charge in [-0.1, -0.05) is 249 Å². The standard InChI is InChI=1S/C72H47N5S/c1-6-18-52(19-7-1)63-46-44-59(67(73-63)54-22-10-3-11-23-54)48-30-32-50(33-31-48)61-42-43-62(51-36-34-49(35-37-51)60-45-47-64(53-20-8-2-9-21-53)74-68(60)55-24-12-4-13-25-55)70-69(61)76-72(78-70)57-40-38-56(39-41-57)71-75-65-28-16-17-29-66(65)77(71)58-26-14-5-15-27-58/h1-47H. The van der Waals surface area contributed by atoms with Crippen LogP contribution in [-0.4, -0.2) is 24.5 Å². The minimum atomic E-state index is 0.896. The molecule has 78 heavy (non-hydrogen) atoms. The summed E-state index contributed by atoms with van der Waals surface area (Å²) in [5.74, 6) is 0.896. The van der Waals surface area contributed by atoms with E-state index >= 15 is 0 Å². The van der Waals surface area contributed by atoms with Crippen LogP contribution in [0.25, 0.3) is 138 Å². The van der Waals surface area contributed by atoms with Crippen molar-refractivity contribution in [3.05, 3.63) is 285 Å². The smallest absolute Gasteiger partial charge is 0.145 e. The third kappa shape index (κ3) is 8.76. The van der Waals surface area contributed by atoms with Gasteiger partial charge in [0.15, 0.2) is 0 Å². The highest BCUT2D eigenvalue weighted by atomic mass is 32.1. The number of fused-ring (bicyclic) bond motifs is 2. The van der Waals surface area contributed by atoms with Crippen molar-refractivity contribution >= 4 is 32.6 Å². The van der Waals surface area contributed by atoms with Gasteiger partial charge in [0, 0.05) is 61.3 Å². The number of thiazole rings is 1. The zero-order valence-electron chi connectivity index (χ0n) is 42.3. The van der Waals surface area contributed by atoms with Gasteiger partial charge in [0.1, 0.15) is 10.8 Å². The molecule has 0 amide bonds. The Morgan fingerprint density at radius 2 is 0.667 bits per heavy atom. The van der Waals surface area contributed by atoms with Gasteiger partial charge < -0.3 is 0 Å². The number of hydrogen-bond acceptors (Lipinski definition) is 5. The fraction of sp³-hybridized carbons (Fsp3) is 0. The Kier molecular flexibility index (Phi) is 12.0. The number of pyridine rings is 2. The third-order valence-electron chi connectivity index (χ3n) is 14.5. The van der Waals surface area contributed by atoms with Crippen LogP contribution in [0.5, 0.6) is 0 Å². The van der Waals surface area contributed by atoms with Crippen LogP contribution in [0.3, 0.4) is 0 Å². The number of imidazole rings is 1. The monoisotopic (exact) mass is 1010 g/mol. The first-order chi connectivity index (χ1) is 38.7. The van der Waals surface area contributed by atoms with Gasteiger partial charge in [0.25, 0.3) is 0 Å². The largest absolute Gasteiger partial charge is 0.292 e. The van der Waals surface area contributed by atoms with E-state index in [1.165, 1.54) is 0 Å². The molecule has 0 aliphatic heterocycles. The van der Waals surface area contributed by atoms with Gasteiger partial charge in [-0.2, -0.15) is 0 Å². The normalized spacial score (nSPS) is 11.3. The molecular weight excluding hydrogens is 967 g/mol. The van der Waals surface area contributed by atoms with Crippen molar-refractivity contribution in [1.82, 2.24) is 24.5 Å². The van der Waals surface area contributed by atoms with Crippen molar-refractivity contribution in [3.63, 3.8) is 0 Å². The van der Waals surface area contributed by atoms with Crippen LogP contribution in [0, 0.1) is 0 Å². The molecule has 0 unspecified atom stereocenters. The number of benzene rings is 10.